The van der Waals surface area contributed by atoms with E-state index in [-0.39, 0.29) is 0 Å². The molecule has 0 aliphatic heterocycles. The van der Waals surface area contributed by atoms with Crippen molar-refractivity contribution in [1.82, 2.24) is 10.2 Å². The van der Waals surface area contributed by atoms with Crippen molar-refractivity contribution in [3.8, 4) is 0 Å². The lowest BCUT2D eigenvalue weighted by Crippen LogP contribution is -2.23. The lowest BCUT2D eigenvalue weighted by molar-refractivity contribution is 0.780. The van der Waals surface area contributed by atoms with Crippen LogP contribution in [-0.4, -0.2) is 23.3 Å². The quantitative estimate of drug-likeness (QED) is 0.822. The Bertz CT molecular complexity index is 238. The molecule has 0 N–H and O–H groups in total. The molecule has 0 spiro atoms. The van der Waals surface area contributed by atoms with E-state index in [0.717, 1.165) is 28.6 Å². The van der Waals surface area contributed by atoms with Crippen molar-refractivity contribution < 1.29 is 0 Å². The molecule has 0 aliphatic rings. The molecule has 0 aliphatic carbocycles. The monoisotopic (exact) mass is 249 g/mol. The Labute approximate surface area is 84.9 Å². The molecule has 0 unspecified atom stereocenters. The summed E-state index contributed by atoms with van der Waals surface area (Å²) in [4.78, 5) is 2.22. The normalized spacial score (nSPS) is 10.2. The zero-order chi connectivity index (χ0) is 8.97. The van der Waals surface area contributed by atoms with Gasteiger partial charge >= 0.3 is 0 Å². The van der Waals surface area contributed by atoms with Crippen LogP contribution in [0.1, 0.15) is 20.3 Å². The molecule has 1 aromatic rings. The zero-order valence-corrected chi connectivity index (χ0v) is 9.65. The molecule has 0 aromatic carbocycles. The minimum Gasteiger partial charge on any atom is -0.347 e. The molecule has 12 heavy (non-hydrogen) atoms. The molecule has 3 nitrogen and oxygen atoms in total. The summed E-state index contributed by atoms with van der Waals surface area (Å²) < 4.78 is 0.854. The Morgan fingerprint density at radius 1 is 1.42 bits per heavy atom. The number of hydrogen-bond donors (Lipinski definition) is 0. The molecule has 5 heteroatoms. The van der Waals surface area contributed by atoms with Gasteiger partial charge in [-0.3, -0.25) is 0 Å². The number of rotatable bonds is 4. The fourth-order valence-corrected chi connectivity index (χ4v) is 2.16. The van der Waals surface area contributed by atoms with Crippen molar-refractivity contribution in [2.75, 3.05) is 18.0 Å². The van der Waals surface area contributed by atoms with Gasteiger partial charge in [-0.15, -0.1) is 10.2 Å². The maximum atomic E-state index is 4.05. The summed E-state index contributed by atoms with van der Waals surface area (Å²) in [5, 5.41) is 8.97. The van der Waals surface area contributed by atoms with Crippen LogP contribution in [0.4, 0.5) is 5.13 Å². The van der Waals surface area contributed by atoms with Gasteiger partial charge in [0.2, 0.25) is 5.13 Å². The van der Waals surface area contributed by atoms with Crippen LogP contribution in [0, 0.1) is 0 Å². The Morgan fingerprint density at radius 3 is 2.58 bits per heavy atom. The van der Waals surface area contributed by atoms with Gasteiger partial charge in [0.1, 0.15) is 0 Å². The van der Waals surface area contributed by atoms with Crippen LogP contribution in [0.5, 0.6) is 0 Å². The van der Waals surface area contributed by atoms with Crippen molar-refractivity contribution in [3.05, 3.63) is 3.92 Å². The van der Waals surface area contributed by atoms with Gasteiger partial charge in [0.15, 0.2) is 3.92 Å². The molecular formula is C7H12BrN3S. The van der Waals surface area contributed by atoms with E-state index >= 15 is 0 Å². The molecule has 0 atom stereocenters. The molecule has 0 saturated heterocycles. The van der Waals surface area contributed by atoms with Crippen molar-refractivity contribution in [2.45, 2.75) is 20.3 Å². The SMILES string of the molecule is CCCN(CC)c1nnc(Br)s1. The third kappa shape index (κ3) is 2.42. The number of anilines is 1. The fraction of sp³-hybridized carbons (Fsp3) is 0.714. The van der Waals surface area contributed by atoms with Gasteiger partial charge in [-0.25, -0.2) is 0 Å². The zero-order valence-electron chi connectivity index (χ0n) is 7.25. The van der Waals surface area contributed by atoms with Gasteiger partial charge in [-0.05, 0) is 29.3 Å². The predicted molar refractivity (Wildman–Crippen MR) is 55.8 cm³/mol. The van der Waals surface area contributed by atoms with Crippen molar-refractivity contribution >= 4 is 32.4 Å². The highest BCUT2D eigenvalue weighted by molar-refractivity contribution is 9.11. The van der Waals surface area contributed by atoms with Gasteiger partial charge in [0.25, 0.3) is 0 Å². The van der Waals surface area contributed by atoms with E-state index in [1.165, 1.54) is 0 Å². The summed E-state index contributed by atoms with van der Waals surface area (Å²) in [6, 6.07) is 0. The third-order valence-electron chi connectivity index (χ3n) is 1.54. The van der Waals surface area contributed by atoms with Gasteiger partial charge in [0, 0.05) is 13.1 Å². The van der Waals surface area contributed by atoms with E-state index in [0.29, 0.717) is 0 Å². The number of aromatic nitrogens is 2. The molecule has 1 aromatic heterocycles. The summed E-state index contributed by atoms with van der Waals surface area (Å²) >= 11 is 4.88. The van der Waals surface area contributed by atoms with E-state index < -0.39 is 0 Å². The molecule has 1 heterocycles. The topological polar surface area (TPSA) is 29.0 Å². The lowest BCUT2D eigenvalue weighted by Gasteiger charge is -2.17. The van der Waals surface area contributed by atoms with Crippen LogP contribution in [0.25, 0.3) is 0 Å². The standard InChI is InChI=1S/C7H12BrN3S/c1-3-5-11(4-2)7-10-9-6(8)12-7/h3-5H2,1-2H3. The van der Waals surface area contributed by atoms with Crippen LogP contribution in [-0.2, 0) is 0 Å². The van der Waals surface area contributed by atoms with Gasteiger partial charge in [0.05, 0.1) is 0 Å². The minimum absolute atomic E-state index is 0.854. The number of hydrogen-bond acceptors (Lipinski definition) is 4. The molecule has 1 rings (SSSR count). The molecule has 0 fully saturated rings. The second kappa shape index (κ2) is 4.77. The van der Waals surface area contributed by atoms with Crippen LogP contribution < -0.4 is 4.90 Å². The first kappa shape index (κ1) is 9.92. The molecule has 0 radical (unpaired) electrons. The van der Waals surface area contributed by atoms with Crippen LogP contribution in [0.2, 0.25) is 0 Å². The summed E-state index contributed by atoms with van der Waals surface area (Å²) in [5.41, 5.74) is 0. The average molecular weight is 250 g/mol. The van der Waals surface area contributed by atoms with Crippen LogP contribution >= 0.6 is 27.3 Å². The maximum Gasteiger partial charge on any atom is 0.209 e. The van der Waals surface area contributed by atoms with E-state index in [9.17, 15) is 0 Å². The largest absolute Gasteiger partial charge is 0.347 e. The van der Waals surface area contributed by atoms with Crippen LogP contribution in [0.15, 0.2) is 3.92 Å². The molecular weight excluding hydrogens is 238 g/mol. The van der Waals surface area contributed by atoms with E-state index in [1.54, 1.807) is 11.3 Å². The first-order valence-corrected chi connectivity index (χ1v) is 5.62. The van der Waals surface area contributed by atoms with Crippen molar-refractivity contribution in [1.29, 1.82) is 0 Å². The van der Waals surface area contributed by atoms with Gasteiger partial charge in [-0.1, -0.05) is 18.3 Å². The predicted octanol–water partition coefficient (Wildman–Crippen LogP) is 2.54. The Balaban J connectivity index is 2.66. The Morgan fingerprint density at radius 2 is 2.17 bits per heavy atom. The highest BCUT2D eigenvalue weighted by Gasteiger charge is 2.07. The lowest BCUT2D eigenvalue weighted by atomic mass is 10.4. The minimum atomic E-state index is 0.854. The van der Waals surface area contributed by atoms with Crippen molar-refractivity contribution in [3.63, 3.8) is 0 Å². The Kier molecular flexibility index (Phi) is 3.94. The number of nitrogens with zero attached hydrogens (tertiary/aromatic N) is 3. The average Bonchev–Trinajstić information content (AvgIpc) is 2.47. The Hall–Kier alpha value is -0.160. The molecule has 0 bridgehead atoms. The van der Waals surface area contributed by atoms with E-state index in [4.69, 9.17) is 0 Å². The highest BCUT2D eigenvalue weighted by atomic mass is 79.9. The van der Waals surface area contributed by atoms with Gasteiger partial charge in [-0.2, -0.15) is 0 Å². The molecule has 68 valence electrons. The third-order valence-corrected chi connectivity index (χ3v) is 2.95. The highest BCUT2D eigenvalue weighted by Crippen LogP contribution is 2.23. The first-order chi connectivity index (χ1) is 5.77. The summed E-state index contributed by atoms with van der Waals surface area (Å²) in [7, 11) is 0. The van der Waals surface area contributed by atoms with E-state index in [2.05, 4.69) is 44.9 Å². The second-order valence-electron chi connectivity index (χ2n) is 2.42. The number of halogens is 1. The summed E-state index contributed by atoms with van der Waals surface area (Å²) in [6.45, 7) is 6.34. The van der Waals surface area contributed by atoms with Crippen LogP contribution in [0.3, 0.4) is 0 Å². The van der Waals surface area contributed by atoms with Crippen molar-refractivity contribution in [2.24, 2.45) is 0 Å². The fourth-order valence-electron chi connectivity index (χ4n) is 0.985. The molecule has 0 amide bonds. The smallest absolute Gasteiger partial charge is 0.209 e. The summed E-state index contributed by atoms with van der Waals surface area (Å²) in [6.07, 6.45) is 1.14. The molecule has 0 saturated carbocycles. The first-order valence-electron chi connectivity index (χ1n) is 4.01. The van der Waals surface area contributed by atoms with E-state index in [1.807, 2.05) is 0 Å². The van der Waals surface area contributed by atoms with Gasteiger partial charge < -0.3 is 4.90 Å². The second-order valence-corrected chi connectivity index (χ2v) is 4.65. The maximum absolute atomic E-state index is 4.05. The summed E-state index contributed by atoms with van der Waals surface area (Å²) in [5.74, 6) is 0.